The van der Waals surface area contributed by atoms with E-state index in [-0.39, 0.29) is 12.2 Å². The number of nitrogens with zero attached hydrogens (tertiary/aromatic N) is 3. The molecule has 6 nitrogen and oxygen atoms in total. The topological polar surface area (TPSA) is 101 Å². The summed E-state index contributed by atoms with van der Waals surface area (Å²) in [6.45, 7) is 11.8. The Morgan fingerprint density at radius 2 is 1.92 bits per heavy atom. The van der Waals surface area contributed by atoms with Crippen LogP contribution >= 0.6 is 15.9 Å². The molecule has 1 aliphatic heterocycles. The highest BCUT2D eigenvalue weighted by molar-refractivity contribution is 9.10. The first-order valence-electron chi connectivity index (χ1n) is 12.4. The van der Waals surface area contributed by atoms with Crippen LogP contribution in [-0.2, 0) is 26.6 Å². The minimum Gasteiger partial charge on any atom is -0.598 e. The van der Waals surface area contributed by atoms with Gasteiger partial charge in [0, 0.05) is 17.9 Å². The van der Waals surface area contributed by atoms with E-state index >= 15 is 8.78 Å². The van der Waals surface area contributed by atoms with Crippen LogP contribution < -0.4 is 9.91 Å². The van der Waals surface area contributed by atoms with Crippen LogP contribution in [0.4, 0.5) is 8.78 Å². The number of alkyl halides is 1. The number of nitrogens with one attached hydrogen (secondary N) is 1. The molecule has 0 aromatic carbocycles. The van der Waals surface area contributed by atoms with Crippen LogP contribution in [-0.4, -0.2) is 50.3 Å². The molecule has 0 saturated heterocycles. The summed E-state index contributed by atoms with van der Waals surface area (Å²) in [6.07, 6.45) is 0.907. The Balaban J connectivity index is 2.92. The van der Waals surface area contributed by atoms with Crippen molar-refractivity contribution >= 4 is 50.3 Å². The molecule has 2 heterocycles. The number of pyridine rings is 1. The molecule has 0 saturated carbocycles. The van der Waals surface area contributed by atoms with E-state index in [1.165, 1.54) is 0 Å². The average molecular weight is 626 g/mol. The van der Waals surface area contributed by atoms with E-state index in [1.807, 2.05) is 20.8 Å². The van der Waals surface area contributed by atoms with Crippen molar-refractivity contribution in [1.82, 2.24) is 9.71 Å². The Hall–Kier alpha value is -0.583. The van der Waals surface area contributed by atoms with Gasteiger partial charge in [0.25, 0.3) is 0 Å². The molecule has 0 amide bonds. The monoisotopic (exact) mass is 624 g/mol. The fourth-order valence-electron chi connectivity index (χ4n) is 4.72. The maximum Gasteiger partial charge on any atom is 0.149 e. The predicted octanol–water partition coefficient (Wildman–Crippen LogP) is 5.46. The first kappa shape index (κ1) is 31.6. The van der Waals surface area contributed by atoms with E-state index in [4.69, 9.17) is 0 Å². The molecule has 2 rings (SSSR count). The van der Waals surface area contributed by atoms with Gasteiger partial charge in [0.05, 0.1) is 29.6 Å². The summed E-state index contributed by atoms with van der Waals surface area (Å²) in [7, 11) is -5.66. The van der Waals surface area contributed by atoms with Crippen molar-refractivity contribution < 1.29 is 17.5 Å². The van der Waals surface area contributed by atoms with Gasteiger partial charge in [-0.2, -0.15) is 5.26 Å². The molecule has 12 heteroatoms. The summed E-state index contributed by atoms with van der Waals surface area (Å²) < 4.78 is 64.8. The molecule has 0 radical (unpaired) electrons. The largest absolute Gasteiger partial charge is 0.598 e. The summed E-state index contributed by atoms with van der Waals surface area (Å²) in [5, 5.41) is 10.4. The number of hydrogen-bond acceptors (Lipinski definition) is 6. The molecule has 36 heavy (non-hydrogen) atoms. The standard InChI is InChI=1S/C24H39BrF2N4O2S2Si/c1-8-36(9-2,10-3)18-14-19(25)30-21(20(18)27)24(15-26,31-34(32)22(4,5)6)17-35(33)23(7,16-28)12-11-13-29-35/h14,31H,8-13,15,17H2,1-7H3/t23-,24+,34?,35-/m1/s1. The van der Waals surface area contributed by atoms with Gasteiger partial charge in [-0.1, -0.05) is 38.9 Å². The first-order chi connectivity index (χ1) is 16.6. The summed E-state index contributed by atoms with van der Waals surface area (Å²) in [5.41, 5.74) is -2.27. The third-order valence-corrected chi connectivity index (χ3v) is 18.4. The molecule has 1 unspecified atom stereocenters. The smallest absolute Gasteiger partial charge is 0.149 e. The fraction of sp³-hybridized carbons (Fsp3) is 0.750. The lowest BCUT2D eigenvalue weighted by Gasteiger charge is -2.40. The molecule has 0 spiro atoms. The lowest BCUT2D eigenvalue weighted by atomic mass is 9.99. The lowest BCUT2D eigenvalue weighted by Crippen LogP contribution is -2.60. The molecule has 1 aromatic rings. The van der Waals surface area contributed by atoms with Crippen LogP contribution in [0.25, 0.3) is 0 Å². The number of aromatic nitrogens is 1. The van der Waals surface area contributed by atoms with Crippen LogP contribution in [0.5, 0.6) is 0 Å². The zero-order valence-electron chi connectivity index (χ0n) is 22.3. The molecule has 1 aliphatic rings. The van der Waals surface area contributed by atoms with E-state index in [2.05, 4.69) is 36.1 Å². The van der Waals surface area contributed by atoms with Crippen molar-refractivity contribution in [3.63, 3.8) is 0 Å². The minimum absolute atomic E-state index is 0.261. The van der Waals surface area contributed by atoms with Crippen LogP contribution in [0, 0.1) is 17.1 Å². The summed E-state index contributed by atoms with van der Waals surface area (Å²) >= 11 is 1.55. The molecule has 0 fully saturated rings. The molecule has 1 N–H and O–H groups in total. The van der Waals surface area contributed by atoms with Crippen molar-refractivity contribution in [2.45, 2.75) is 94.5 Å². The molecule has 1 aromatic heterocycles. The Bertz CT molecular complexity index is 1110. The molecule has 0 aliphatic carbocycles. The highest BCUT2D eigenvalue weighted by Gasteiger charge is 2.52. The normalized spacial score (nSPS) is 25.5. The Morgan fingerprint density at radius 3 is 2.39 bits per heavy atom. The van der Waals surface area contributed by atoms with Gasteiger partial charge in [-0.25, -0.2) is 22.3 Å². The second-order valence-corrected chi connectivity index (χ2v) is 21.5. The first-order valence-corrected chi connectivity index (χ1v) is 18.6. The second kappa shape index (κ2) is 11.7. The van der Waals surface area contributed by atoms with Crippen molar-refractivity contribution in [3.05, 3.63) is 22.2 Å². The molecule has 4 atom stereocenters. The van der Waals surface area contributed by atoms with E-state index in [0.717, 1.165) is 18.1 Å². The average Bonchev–Trinajstić information content (AvgIpc) is 2.83. The Kier molecular flexibility index (Phi) is 10.2. The fourth-order valence-corrected chi connectivity index (χ4v) is 12.7. The quantitative estimate of drug-likeness (QED) is 0.212. The van der Waals surface area contributed by atoms with Crippen molar-refractivity contribution in [1.29, 1.82) is 5.26 Å². The maximum absolute atomic E-state index is 16.5. The zero-order valence-corrected chi connectivity index (χ0v) is 26.6. The second-order valence-electron chi connectivity index (χ2n) is 10.8. The maximum atomic E-state index is 16.5. The van der Waals surface area contributed by atoms with E-state index < -0.39 is 62.4 Å². The van der Waals surface area contributed by atoms with Gasteiger partial charge in [-0.3, -0.25) is 0 Å². The van der Waals surface area contributed by atoms with Crippen molar-refractivity contribution in [2.75, 3.05) is 19.0 Å². The van der Waals surface area contributed by atoms with Gasteiger partial charge in [0.2, 0.25) is 0 Å². The third kappa shape index (κ3) is 5.86. The Morgan fingerprint density at radius 1 is 1.33 bits per heavy atom. The number of nitriles is 1. The predicted molar refractivity (Wildman–Crippen MR) is 151 cm³/mol. The highest BCUT2D eigenvalue weighted by Crippen LogP contribution is 2.37. The van der Waals surface area contributed by atoms with Crippen LogP contribution in [0.1, 0.15) is 67.0 Å². The summed E-state index contributed by atoms with van der Waals surface area (Å²) in [4.78, 5) is 4.38. The highest BCUT2D eigenvalue weighted by atomic mass is 79.9. The van der Waals surface area contributed by atoms with Crippen LogP contribution in [0.15, 0.2) is 15.0 Å². The summed E-state index contributed by atoms with van der Waals surface area (Å²) in [5.74, 6) is -1.16. The van der Waals surface area contributed by atoms with Crippen LogP contribution in [0.2, 0.25) is 18.1 Å². The SMILES string of the molecule is CC[Si](CC)(CC)c1cc(Br)nc([C@](CF)(C[S@]2(=O)=NCCC[C@]2(C)C#N)N[S+]([O-])C(C)(C)C)c1F. The van der Waals surface area contributed by atoms with Gasteiger partial charge in [-0.05, 0) is 67.7 Å². The van der Waals surface area contributed by atoms with Gasteiger partial charge < -0.3 is 4.55 Å². The lowest BCUT2D eigenvalue weighted by molar-refractivity contribution is 0.292. The number of hydrogen-bond donors (Lipinski definition) is 1. The van der Waals surface area contributed by atoms with E-state index in [9.17, 15) is 14.0 Å². The van der Waals surface area contributed by atoms with Crippen LogP contribution in [0.3, 0.4) is 0 Å². The van der Waals surface area contributed by atoms with Gasteiger partial charge in [-0.15, -0.1) is 4.72 Å². The van der Waals surface area contributed by atoms with Crippen molar-refractivity contribution in [2.24, 2.45) is 4.36 Å². The van der Waals surface area contributed by atoms with Gasteiger partial charge in [0.1, 0.15) is 37.8 Å². The molecule has 0 bridgehead atoms. The minimum atomic E-state index is -3.37. The van der Waals surface area contributed by atoms with E-state index in [0.29, 0.717) is 22.6 Å². The molecule has 204 valence electrons. The van der Waals surface area contributed by atoms with Crippen molar-refractivity contribution in [3.8, 4) is 6.07 Å². The number of rotatable bonds is 10. The molecular formula is C24H39BrF2N4O2S2Si. The molecular weight excluding hydrogens is 586 g/mol. The van der Waals surface area contributed by atoms with Gasteiger partial charge in [0.15, 0.2) is 0 Å². The van der Waals surface area contributed by atoms with Gasteiger partial charge >= 0.3 is 0 Å². The number of halogens is 3. The van der Waals surface area contributed by atoms with E-state index in [1.54, 1.807) is 33.8 Å². The summed E-state index contributed by atoms with van der Waals surface area (Å²) in [6, 6.07) is 6.17. The third-order valence-electron chi connectivity index (χ3n) is 7.55. The Labute approximate surface area is 228 Å². The zero-order chi connectivity index (χ0) is 27.6.